The topological polar surface area (TPSA) is 127 Å². The van der Waals surface area contributed by atoms with E-state index in [4.69, 9.17) is 14.5 Å². The lowest BCUT2D eigenvalue weighted by Crippen LogP contribution is -2.13. The Labute approximate surface area is 157 Å². The van der Waals surface area contributed by atoms with Crippen molar-refractivity contribution in [3.8, 4) is 5.75 Å². The van der Waals surface area contributed by atoms with E-state index < -0.39 is 29.7 Å². The molecule has 0 saturated heterocycles. The van der Waals surface area contributed by atoms with Crippen LogP contribution in [0, 0.1) is 10.1 Å². The zero-order chi connectivity index (χ0) is 21.1. The van der Waals surface area contributed by atoms with Crippen molar-refractivity contribution < 1.29 is 37.6 Å². The molecule has 0 aliphatic heterocycles. The third kappa shape index (κ3) is 4.86. The van der Waals surface area contributed by atoms with Crippen molar-refractivity contribution in [3.63, 3.8) is 0 Å². The van der Waals surface area contributed by atoms with Crippen LogP contribution in [-0.4, -0.2) is 20.7 Å². The summed E-state index contributed by atoms with van der Waals surface area (Å²) >= 11 is 0. The summed E-state index contributed by atoms with van der Waals surface area (Å²) in [6.45, 7) is 1.51. The first kappa shape index (κ1) is 21.4. The molecule has 0 heterocycles. The maximum atomic E-state index is 13.6. The van der Waals surface area contributed by atoms with Gasteiger partial charge in [-0.2, -0.15) is 8.78 Å². The molecule has 148 valence electrons. The van der Waals surface area contributed by atoms with Crippen molar-refractivity contribution in [1.29, 1.82) is 0 Å². The van der Waals surface area contributed by atoms with E-state index in [1.807, 2.05) is 0 Å². The number of esters is 1. The molecular formula is C17H14F2NO7P. The highest BCUT2D eigenvalue weighted by Gasteiger charge is 2.50. The van der Waals surface area contributed by atoms with Crippen LogP contribution in [-0.2, 0) is 15.0 Å². The van der Waals surface area contributed by atoms with Gasteiger partial charge in [0.25, 0.3) is 5.69 Å². The summed E-state index contributed by atoms with van der Waals surface area (Å²) in [5, 5.41) is 10.6. The molecule has 0 unspecified atom stereocenters. The van der Waals surface area contributed by atoms with Crippen LogP contribution in [0.25, 0.3) is 5.57 Å². The van der Waals surface area contributed by atoms with Crippen molar-refractivity contribution in [2.75, 3.05) is 0 Å². The van der Waals surface area contributed by atoms with Crippen LogP contribution in [0.15, 0.2) is 54.6 Å². The number of ether oxygens (including phenoxy) is 1. The van der Waals surface area contributed by atoms with E-state index in [0.717, 1.165) is 18.2 Å². The van der Waals surface area contributed by atoms with E-state index in [9.17, 15) is 28.3 Å². The fraction of sp³-hybridized carbons (Fsp3) is 0.118. The van der Waals surface area contributed by atoms with Gasteiger partial charge in [0.15, 0.2) is 0 Å². The molecule has 0 radical (unpaired) electrons. The SMILES string of the molecule is C/C(=C\C(=O)Oc1ccc([N+](=O)[O-])cc1)c1ccc(C(F)(F)P(=O)(O)O)cc1. The molecule has 2 N–H and O–H groups in total. The molecule has 8 nitrogen and oxygen atoms in total. The maximum Gasteiger partial charge on any atom is 0.399 e. The Balaban J connectivity index is 2.13. The zero-order valence-corrected chi connectivity index (χ0v) is 15.2. The van der Waals surface area contributed by atoms with Crippen LogP contribution < -0.4 is 4.74 Å². The predicted octanol–water partition coefficient (Wildman–Crippen LogP) is 3.83. The molecular weight excluding hydrogens is 399 g/mol. The number of alkyl halides is 2. The van der Waals surface area contributed by atoms with Crippen molar-refractivity contribution in [2.24, 2.45) is 0 Å². The first-order valence-electron chi connectivity index (χ1n) is 7.61. The minimum absolute atomic E-state index is 0.0799. The van der Waals surface area contributed by atoms with Gasteiger partial charge in [-0.1, -0.05) is 24.3 Å². The fourth-order valence-electron chi connectivity index (χ4n) is 2.14. The number of nitro groups is 1. The molecule has 28 heavy (non-hydrogen) atoms. The third-order valence-corrected chi connectivity index (χ3v) is 4.64. The van der Waals surface area contributed by atoms with Crippen LogP contribution in [0.1, 0.15) is 18.1 Å². The molecule has 2 rings (SSSR count). The Morgan fingerprint density at radius 1 is 1.14 bits per heavy atom. The van der Waals surface area contributed by atoms with Crippen LogP contribution >= 0.6 is 7.60 Å². The smallest absolute Gasteiger partial charge is 0.399 e. The Hall–Kier alpha value is -2.94. The summed E-state index contributed by atoms with van der Waals surface area (Å²) in [7, 11) is -5.66. The minimum Gasteiger partial charge on any atom is -0.423 e. The number of hydrogen-bond donors (Lipinski definition) is 2. The third-order valence-electron chi connectivity index (χ3n) is 3.65. The number of hydrogen-bond acceptors (Lipinski definition) is 5. The van der Waals surface area contributed by atoms with Crippen molar-refractivity contribution >= 4 is 24.8 Å². The molecule has 0 bridgehead atoms. The monoisotopic (exact) mass is 413 g/mol. The Morgan fingerprint density at radius 2 is 1.68 bits per heavy atom. The largest absolute Gasteiger partial charge is 0.423 e. The highest BCUT2D eigenvalue weighted by molar-refractivity contribution is 7.52. The van der Waals surface area contributed by atoms with E-state index in [0.29, 0.717) is 11.1 Å². The van der Waals surface area contributed by atoms with E-state index in [1.54, 1.807) is 0 Å². The number of allylic oxidation sites excluding steroid dienone is 1. The van der Waals surface area contributed by atoms with Crippen molar-refractivity contribution in [2.45, 2.75) is 12.6 Å². The van der Waals surface area contributed by atoms with Crippen LogP contribution in [0.2, 0.25) is 0 Å². The van der Waals surface area contributed by atoms with Crippen molar-refractivity contribution in [3.05, 3.63) is 75.8 Å². The molecule has 0 amide bonds. The van der Waals surface area contributed by atoms with Gasteiger partial charge >= 0.3 is 19.2 Å². The van der Waals surface area contributed by atoms with Gasteiger partial charge in [0, 0.05) is 23.8 Å². The molecule has 11 heteroatoms. The highest BCUT2D eigenvalue weighted by Crippen LogP contribution is 2.59. The fourth-order valence-corrected chi connectivity index (χ4v) is 2.63. The number of carbonyl (C=O) groups is 1. The number of non-ortho nitro benzene ring substituents is 1. The van der Waals surface area contributed by atoms with Crippen LogP contribution in [0.4, 0.5) is 14.5 Å². The van der Waals surface area contributed by atoms with E-state index >= 15 is 0 Å². The molecule has 0 fully saturated rings. The maximum absolute atomic E-state index is 13.6. The number of carbonyl (C=O) groups excluding carboxylic acids is 1. The molecule has 0 saturated carbocycles. The van der Waals surface area contributed by atoms with Crippen molar-refractivity contribution in [1.82, 2.24) is 0 Å². The van der Waals surface area contributed by atoms with Gasteiger partial charge in [-0.05, 0) is 30.2 Å². The quantitative estimate of drug-likeness (QED) is 0.184. The number of rotatable bonds is 6. The van der Waals surface area contributed by atoms with Gasteiger partial charge in [-0.25, -0.2) is 4.79 Å². The number of nitro benzene ring substituents is 1. The molecule has 0 aliphatic carbocycles. The summed E-state index contributed by atoms with van der Waals surface area (Å²) in [5.74, 6) is -0.715. The second-order valence-electron chi connectivity index (χ2n) is 5.66. The van der Waals surface area contributed by atoms with Gasteiger partial charge in [-0.15, -0.1) is 0 Å². The number of benzene rings is 2. The van der Waals surface area contributed by atoms with Gasteiger partial charge in [0.05, 0.1) is 4.92 Å². The summed E-state index contributed by atoms with van der Waals surface area (Å²) in [6.07, 6.45) is 1.08. The van der Waals surface area contributed by atoms with Crippen LogP contribution in [0.3, 0.4) is 0 Å². The standard InChI is InChI=1S/C17H14F2NO7P/c1-11(10-16(21)27-15-8-6-14(7-9-15)20(22)23)12-2-4-13(5-3-12)17(18,19)28(24,25)26/h2-10H,1H3,(H2,24,25,26)/b11-10+. The molecule has 0 spiro atoms. The van der Waals surface area contributed by atoms with Crippen LogP contribution in [0.5, 0.6) is 5.75 Å². The van der Waals surface area contributed by atoms with E-state index in [2.05, 4.69) is 0 Å². The lowest BCUT2D eigenvalue weighted by molar-refractivity contribution is -0.384. The zero-order valence-electron chi connectivity index (χ0n) is 14.3. The van der Waals surface area contributed by atoms with E-state index in [-0.39, 0.29) is 11.4 Å². The van der Waals surface area contributed by atoms with Gasteiger partial charge in [0.2, 0.25) is 0 Å². The Morgan fingerprint density at radius 3 is 2.14 bits per heavy atom. The second-order valence-corrected chi connectivity index (χ2v) is 7.31. The summed E-state index contributed by atoms with van der Waals surface area (Å²) in [6, 6.07) is 8.91. The Bertz CT molecular complexity index is 966. The normalized spacial score (nSPS) is 12.5. The van der Waals surface area contributed by atoms with Gasteiger partial charge in [-0.3, -0.25) is 14.7 Å². The van der Waals surface area contributed by atoms with Gasteiger partial charge in [0.1, 0.15) is 5.75 Å². The average molecular weight is 413 g/mol. The highest BCUT2D eigenvalue weighted by atomic mass is 31.2. The molecule has 2 aromatic rings. The molecule has 0 atom stereocenters. The summed E-state index contributed by atoms with van der Waals surface area (Å²) in [4.78, 5) is 39.4. The lowest BCUT2D eigenvalue weighted by atomic mass is 10.1. The lowest BCUT2D eigenvalue weighted by Gasteiger charge is -2.18. The molecule has 2 aromatic carbocycles. The molecule has 0 aromatic heterocycles. The summed E-state index contributed by atoms with van der Waals surface area (Å²) in [5.41, 5.74) is -4.65. The Kier molecular flexibility index (Phi) is 6.08. The number of halogens is 2. The number of nitrogens with zero attached hydrogens (tertiary/aromatic N) is 1. The minimum atomic E-state index is -5.66. The molecule has 0 aliphatic rings. The predicted molar refractivity (Wildman–Crippen MR) is 94.8 cm³/mol. The average Bonchev–Trinajstić information content (AvgIpc) is 2.61. The first-order chi connectivity index (χ1) is 12.9. The van der Waals surface area contributed by atoms with E-state index in [1.165, 1.54) is 43.3 Å². The first-order valence-corrected chi connectivity index (χ1v) is 9.22. The second kappa shape index (κ2) is 7.97. The van der Waals surface area contributed by atoms with Gasteiger partial charge < -0.3 is 14.5 Å². The summed E-state index contributed by atoms with van der Waals surface area (Å²) < 4.78 is 43.2.